The van der Waals surface area contributed by atoms with Crippen LogP contribution in [0.1, 0.15) is 29.4 Å². The third-order valence-corrected chi connectivity index (χ3v) is 3.61. The number of thiazole rings is 1. The van der Waals surface area contributed by atoms with Gasteiger partial charge in [-0.05, 0) is 6.42 Å². The monoisotopic (exact) mass is 260 g/mol. The molecular weight excluding hydrogens is 244 g/mol. The number of amides is 1. The summed E-state index contributed by atoms with van der Waals surface area (Å²) in [7, 11) is 0. The number of hydrogen-bond donors (Lipinski definition) is 1. The van der Waals surface area contributed by atoms with E-state index in [1.165, 1.54) is 11.3 Å². The van der Waals surface area contributed by atoms with Crippen LogP contribution in [0.4, 0.5) is 0 Å². The van der Waals surface area contributed by atoms with Crippen LogP contribution in [-0.2, 0) is 0 Å². The van der Waals surface area contributed by atoms with E-state index in [0.717, 1.165) is 30.0 Å². The molecule has 2 aromatic rings. The lowest BCUT2D eigenvalue weighted by Crippen LogP contribution is -2.23. The quantitative estimate of drug-likeness (QED) is 0.838. The summed E-state index contributed by atoms with van der Waals surface area (Å²) in [6.45, 7) is 2.83. The Morgan fingerprint density at radius 3 is 2.83 bits per heavy atom. The van der Waals surface area contributed by atoms with Gasteiger partial charge in [-0.25, -0.2) is 4.98 Å². The largest absolute Gasteiger partial charge is 0.351 e. The summed E-state index contributed by atoms with van der Waals surface area (Å²) >= 11 is 1.43. The standard InChI is InChI=1S/C14H16N2OS/c1-2-3-9-15-13(17)12-10-16-14(18-12)11-7-5-4-6-8-11/h4-8,10H,2-3,9H2,1H3,(H,15,17). The van der Waals surface area contributed by atoms with E-state index >= 15 is 0 Å². The normalized spacial score (nSPS) is 10.3. The number of rotatable bonds is 5. The molecule has 0 spiro atoms. The molecule has 18 heavy (non-hydrogen) atoms. The average molecular weight is 260 g/mol. The first-order chi connectivity index (χ1) is 8.81. The number of nitrogens with zero attached hydrogens (tertiary/aromatic N) is 1. The molecule has 0 fully saturated rings. The topological polar surface area (TPSA) is 42.0 Å². The van der Waals surface area contributed by atoms with Crippen molar-refractivity contribution in [3.05, 3.63) is 41.4 Å². The smallest absolute Gasteiger partial charge is 0.263 e. The Balaban J connectivity index is 2.04. The molecule has 0 bridgehead atoms. The van der Waals surface area contributed by atoms with Crippen molar-refractivity contribution in [2.45, 2.75) is 19.8 Å². The first kappa shape index (κ1) is 12.8. The zero-order chi connectivity index (χ0) is 12.8. The van der Waals surface area contributed by atoms with Crippen molar-refractivity contribution in [2.24, 2.45) is 0 Å². The van der Waals surface area contributed by atoms with Crippen molar-refractivity contribution in [1.82, 2.24) is 10.3 Å². The van der Waals surface area contributed by atoms with E-state index in [-0.39, 0.29) is 5.91 Å². The Morgan fingerprint density at radius 1 is 1.33 bits per heavy atom. The minimum Gasteiger partial charge on any atom is -0.351 e. The molecule has 4 heteroatoms. The van der Waals surface area contributed by atoms with Gasteiger partial charge in [0.1, 0.15) is 9.88 Å². The number of benzene rings is 1. The predicted molar refractivity (Wildman–Crippen MR) is 74.8 cm³/mol. The molecule has 94 valence electrons. The third kappa shape index (κ3) is 3.17. The molecule has 1 aromatic carbocycles. The van der Waals surface area contributed by atoms with Gasteiger partial charge in [0, 0.05) is 12.1 Å². The minimum absolute atomic E-state index is 0.0249. The van der Waals surface area contributed by atoms with Crippen LogP contribution in [0, 0.1) is 0 Å². The van der Waals surface area contributed by atoms with Gasteiger partial charge in [-0.1, -0.05) is 43.7 Å². The summed E-state index contributed by atoms with van der Waals surface area (Å²) in [5.41, 5.74) is 1.05. The molecule has 0 atom stereocenters. The first-order valence-electron chi connectivity index (χ1n) is 6.10. The van der Waals surface area contributed by atoms with Gasteiger partial charge in [0.2, 0.25) is 0 Å². The fourth-order valence-corrected chi connectivity index (χ4v) is 2.40. The Hall–Kier alpha value is -1.68. The highest BCUT2D eigenvalue weighted by atomic mass is 32.1. The van der Waals surface area contributed by atoms with Gasteiger partial charge in [-0.15, -0.1) is 11.3 Å². The molecular formula is C14H16N2OS. The second-order valence-electron chi connectivity index (χ2n) is 4.01. The van der Waals surface area contributed by atoms with Gasteiger partial charge in [-0.2, -0.15) is 0 Å². The van der Waals surface area contributed by atoms with Crippen molar-refractivity contribution < 1.29 is 4.79 Å². The van der Waals surface area contributed by atoms with Crippen LogP contribution in [-0.4, -0.2) is 17.4 Å². The van der Waals surface area contributed by atoms with Crippen LogP contribution < -0.4 is 5.32 Å². The Kier molecular flexibility index (Phi) is 4.47. The van der Waals surface area contributed by atoms with Crippen LogP contribution in [0.15, 0.2) is 36.5 Å². The van der Waals surface area contributed by atoms with Crippen LogP contribution >= 0.6 is 11.3 Å². The maximum Gasteiger partial charge on any atom is 0.263 e. The molecule has 1 amide bonds. The first-order valence-corrected chi connectivity index (χ1v) is 6.92. The van der Waals surface area contributed by atoms with E-state index < -0.39 is 0 Å². The van der Waals surface area contributed by atoms with Gasteiger partial charge in [0.15, 0.2) is 0 Å². The molecule has 0 saturated heterocycles. The van der Waals surface area contributed by atoms with Crippen molar-refractivity contribution in [3.63, 3.8) is 0 Å². The SMILES string of the molecule is CCCCNC(=O)c1cnc(-c2ccccc2)s1. The van der Waals surface area contributed by atoms with Gasteiger partial charge in [-0.3, -0.25) is 4.79 Å². The second-order valence-corrected chi connectivity index (χ2v) is 5.04. The number of unbranched alkanes of at least 4 members (excludes halogenated alkanes) is 1. The average Bonchev–Trinajstić information content (AvgIpc) is 2.89. The number of hydrogen-bond acceptors (Lipinski definition) is 3. The van der Waals surface area contributed by atoms with Crippen LogP contribution in [0.2, 0.25) is 0 Å². The number of carbonyl (C=O) groups is 1. The fourth-order valence-electron chi connectivity index (χ4n) is 1.56. The second kappa shape index (κ2) is 6.31. The summed E-state index contributed by atoms with van der Waals surface area (Å²) in [6.07, 6.45) is 3.74. The summed E-state index contributed by atoms with van der Waals surface area (Å²) in [4.78, 5) is 16.8. The van der Waals surface area contributed by atoms with E-state index in [9.17, 15) is 4.79 Å². The number of nitrogens with one attached hydrogen (secondary N) is 1. The van der Waals surface area contributed by atoms with Crippen molar-refractivity contribution >= 4 is 17.2 Å². The van der Waals surface area contributed by atoms with Crippen molar-refractivity contribution in [2.75, 3.05) is 6.54 Å². The summed E-state index contributed by atoms with van der Waals surface area (Å²) in [5, 5.41) is 3.78. The molecule has 1 N–H and O–H groups in total. The highest BCUT2D eigenvalue weighted by Gasteiger charge is 2.10. The van der Waals surface area contributed by atoms with Crippen molar-refractivity contribution in [1.29, 1.82) is 0 Å². The summed E-state index contributed by atoms with van der Waals surface area (Å²) in [6, 6.07) is 9.90. The van der Waals surface area contributed by atoms with Gasteiger partial charge < -0.3 is 5.32 Å². The lowest BCUT2D eigenvalue weighted by molar-refractivity contribution is 0.0957. The van der Waals surface area contributed by atoms with E-state index in [1.807, 2.05) is 30.3 Å². The highest BCUT2D eigenvalue weighted by Crippen LogP contribution is 2.24. The molecule has 0 aliphatic heterocycles. The predicted octanol–water partition coefficient (Wildman–Crippen LogP) is 3.34. The van der Waals surface area contributed by atoms with Gasteiger partial charge in [0.05, 0.1) is 6.20 Å². The van der Waals surface area contributed by atoms with Crippen LogP contribution in [0.3, 0.4) is 0 Å². The molecule has 3 nitrogen and oxygen atoms in total. The molecule has 1 aromatic heterocycles. The maximum absolute atomic E-state index is 11.8. The fraction of sp³-hybridized carbons (Fsp3) is 0.286. The van der Waals surface area contributed by atoms with E-state index in [1.54, 1.807) is 6.20 Å². The molecule has 1 heterocycles. The summed E-state index contributed by atoms with van der Waals surface area (Å²) in [5.74, 6) is -0.0249. The zero-order valence-electron chi connectivity index (χ0n) is 10.3. The molecule has 2 rings (SSSR count). The van der Waals surface area contributed by atoms with E-state index in [0.29, 0.717) is 4.88 Å². The number of aromatic nitrogens is 1. The van der Waals surface area contributed by atoms with Crippen LogP contribution in [0.5, 0.6) is 0 Å². The lowest BCUT2D eigenvalue weighted by Gasteiger charge is -2.00. The Bertz CT molecular complexity index is 508. The van der Waals surface area contributed by atoms with E-state index in [2.05, 4.69) is 17.2 Å². The van der Waals surface area contributed by atoms with Crippen molar-refractivity contribution in [3.8, 4) is 10.6 Å². The Morgan fingerprint density at radius 2 is 2.11 bits per heavy atom. The molecule has 0 radical (unpaired) electrons. The maximum atomic E-state index is 11.8. The molecule has 0 unspecified atom stereocenters. The summed E-state index contributed by atoms with van der Waals surface area (Å²) < 4.78 is 0. The molecule has 0 saturated carbocycles. The minimum atomic E-state index is -0.0249. The van der Waals surface area contributed by atoms with Gasteiger partial charge >= 0.3 is 0 Å². The Labute approximate surface area is 111 Å². The zero-order valence-corrected chi connectivity index (χ0v) is 11.2. The number of carbonyl (C=O) groups excluding carboxylic acids is 1. The van der Waals surface area contributed by atoms with E-state index in [4.69, 9.17) is 0 Å². The van der Waals surface area contributed by atoms with Gasteiger partial charge in [0.25, 0.3) is 5.91 Å². The van der Waals surface area contributed by atoms with Crippen LogP contribution in [0.25, 0.3) is 10.6 Å². The molecule has 0 aliphatic rings. The highest BCUT2D eigenvalue weighted by molar-refractivity contribution is 7.16. The lowest BCUT2D eigenvalue weighted by atomic mass is 10.2. The third-order valence-electron chi connectivity index (χ3n) is 2.57. The molecule has 0 aliphatic carbocycles.